The van der Waals surface area contributed by atoms with Crippen LogP contribution in [0.1, 0.15) is 42.9 Å². The van der Waals surface area contributed by atoms with Gasteiger partial charge in [0.1, 0.15) is 5.69 Å². The number of nitrogens with zero attached hydrogens (tertiary/aromatic N) is 1. The normalized spacial score (nSPS) is 12.4. The predicted octanol–water partition coefficient (Wildman–Crippen LogP) is 2.06. The maximum absolute atomic E-state index is 10.7. The lowest BCUT2D eigenvalue weighted by atomic mass is 10.2. The molecule has 0 aliphatic carbocycles. The maximum atomic E-state index is 10.7. The van der Waals surface area contributed by atoms with Crippen LogP contribution in [-0.2, 0) is 6.54 Å². The fraction of sp³-hybridized carbons (Fsp3) is 0.500. The molecule has 0 aliphatic rings. The van der Waals surface area contributed by atoms with Crippen molar-refractivity contribution in [3.63, 3.8) is 0 Å². The number of carboxylic acids is 1. The number of carboxylic acid groups (broad SMARTS) is 1. The smallest absolute Gasteiger partial charge is 0.354 e. The van der Waals surface area contributed by atoms with Crippen LogP contribution < -0.4 is 5.32 Å². The number of hydrogen-bond donors (Lipinski definition) is 2. The molecule has 1 aromatic heterocycles. The lowest BCUT2D eigenvalue weighted by Crippen LogP contribution is -2.25. The van der Waals surface area contributed by atoms with E-state index in [-0.39, 0.29) is 5.69 Å². The van der Waals surface area contributed by atoms with Crippen molar-refractivity contribution >= 4 is 5.97 Å². The lowest BCUT2D eigenvalue weighted by molar-refractivity contribution is 0.0690. The Kier molecular flexibility index (Phi) is 4.92. The molecule has 0 bridgehead atoms. The minimum atomic E-state index is -0.983. The van der Waals surface area contributed by atoms with E-state index in [1.165, 1.54) is 6.07 Å². The van der Waals surface area contributed by atoms with Gasteiger partial charge in [-0.3, -0.25) is 0 Å². The van der Waals surface area contributed by atoms with Crippen molar-refractivity contribution < 1.29 is 9.90 Å². The van der Waals surface area contributed by atoms with Crippen LogP contribution in [0.25, 0.3) is 0 Å². The first-order valence-electron chi connectivity index (χ1n) is 5.56. The first-order valence-corrected chi connectivity index (χ1v) is 5.56. The van der Waals surface area contributed by atoms with Crippen LogP contribution in [0.15, 0.2) is 18.2 Å². The minimum absolute atomic E-state index is 0.0995. The fourth-order valence-electron chi connectivity index (χ4n) is 1.51. The van der Waals surface area contributed by atoms with E-state index in [1.54, 1.807) is 6.07 Å². The number of nitrogens with one attached hydrogen (secondary N) is 1. The van der Waals surface area contributed by atoms with Gasteiger partial charge in [0.25, 0.3) is 0 Å². The standard InChI is InChI=1S/C12H18N2O2/c1-3-5-9(2)13-8-10-6-4-7-11(14-10)12(15)16/h4,6-7,9,13H,3,5,8H2,1-2H3,(H,15,16). The highest BCUT2D eigenvalue weighted by atomic mass is 16.4. The summed E-state index contributed by atoms with van der Waals surface area (Å²) in [4.78, 5) is 14.8. The Morgan fingerprint density at radius 1 is 1.56 bits per heavy atom. The van der Waals surface area contributed by atoms with Gasteiger partial charge in [0.05, 0.1) is 5.69 Å². The molecule has 1 atom stereocenters. The Morgan fingerprint density at radius 2 is 2.31 bits per heavy atom. The van der Waals surface area contributed by atoms with Crippen LogP contribution in [0.3, 0.4) is 0 Å². The zero-order valence-corrected chi connectivity index (χ0v) is 9.73. The third-order valence-electron chi connectivity index (χ3n) is 2.38. The first-order chi connectivity index (χ1) is 7.63. The zero-order valence-electron chi connectivity index (χ0n) is 9.73. The van der Waals surface area contributed by atoms with Crippen molar-refractivity contribution in [1.29, 1.82) is 0 Å². The highest BCUT2D eigenvalue weighted by Crippen LogP contribution is 2.01. The van der Waals surface area contributed by atoms with Gasteiger partial charge in [-0.2, -0.15) is 0 Å². The fourth-order valence-corrected chi connectivity index (χ4v) is 1.51. The van der Waals surface area contributed by atoms with E-state index < -0.39 is 5.97 Å². The van der Waals surface area contributed by atoms with E-state index in [1.807, 2.05) is 6.07 Å². The minimum Gasteiger partial charge on any atom is -0.477 e. The quantitative estimate of drug-likeness (QED) is 0.773. The molecule has 4 heteroatoms. The van der Waals surface area contributed by atoms with Gasteiger partial charge >= 0.3 is 5.97 Å². The third kappa shape index (κ3) is 3.98. The van der Waals surface area contributed by atoms with Crippen LogP contribution in [0.5, 0.6) is 0 Å². The molecule has 4 nitrogen and oxygen atoms in total. The van der Waals surface area contributed by atoms with Gasteiger partial charge in [-0.25, -0.2) is 9.78 Å². The molecule has 1 heterocycles. The topological polar surface area (TPSA) is 62.2 Å². The summed E-state index contributed by atoms with van der Waals surface area (Å²) < 4.78 is 0. The van der Waals surface area contributed by atoms with Crippen LogP contribution in [0.2, 0.25) is 0 Å². The van der Waals surface area contributed by atoms with Gasteiger partial charge in [0, 0.05) is 12.6 Å². The average molecular weight is 222 g/mol. The van der Waals surface area contributed by atoms with E-state index in [9.17, 15) is 4.79 Å². The molecule has 0 fully saturated rings. The number of rotatable bonds is 6. The van der Waals surface area contributed by atoms with Crippen molar-refractivity contribution in [3.8, 4) is 0 Å². The van der Waals surface area contributed by atoms with E-state index >= 15 is 0 Å². The molecule has 88 valence electrons. The summed E-state index contributed by atoms with van der Waals surface area (Å²) in [6.07, 6.45) is 2.25. The largest absolute Gasteiger partial charge is 0.477 e. The highest BCUT2D eigenvalue weighted by molar-refractivity contribution is 5.85. The van der Waals surface area contributed by atoms with Gasteiger partial charge < -0.3 is 10.4 Å². The zero-order chi connectivity index (χ0) is 12.0. The van der Waals surface area contributed by atoms with Gasteiger partial charge in [-0.1, -0.05) is 19.4 Å². The second kappa shape index (κ2) is 6.23. The van der Waals surface area contributed by atoms with Gasteiger partial charge in [-0.05, 0) is 25.5 Å². The van der Waals surface area contributed by atoms with Crippen LogP contribution in [0, 0.1) is 0 Å². The number of aromatic nitrogens is 1. The molecule has 0 aromatic carbocycles. The Hall–Kier alpha value is -1.42. The Balaban J connectivity index is 2.54. The molecule has 16 heavy (non-hydrogen) atoms. The second-order valence-corrected chi connectivity index (χ2v) is 3.89. The molecule has 0 saturated carbocycles. The molecule has 1 rings (SSSR count). The molecule has 2 N–H and O–H groups in total. The Morgan fingerprint density at radius 3 is 2.94 bits per heavy atom. The van der Waals surface area contributed by atoms with Gasteiger partial charge in [-0.15, -0.1) is 0 Å². The first kappa shape index (κ1) is 12.6. The predicted molar refractivity (Wildman–Crippen MR) is 62.4 cm³/mol. The maximum Gasteiger partial charge on any atom is 0.354 e. The van der Waals surface area contributed by atoms with Crippen molar-refractivity contribution in [1.82, 2.24) is 10.3 Å². The third-order valence-corrected chi connectivity index (χ3v) is 2.38. The molecule has 1 aromatic rings. The van der Waals surface area contributed by atoms with E-state index in [0.29, 0.717) is 12.6 Å². The summed E-state index contributed by atoms with van der Waals surface area (Å²) in [6.45, 7) is 4.87. The SMILES string of the molecule is CCCC(C)NCc1cccc(C(=O)O)n1. The van der Waals surface area contributed by atoms with E-state index in [2.05, 4.69) is 24.1 Å². The second-order valence-electron chi connectivity index (χ2n) is 3.89. The van der Waals surface area contributed by atoms with Crippen molar-refractivity contribution in [2.24, 2.45) is 0 Å². The van der Waals surface area contributed by atoms with Gasteiger partial charge in [0.15, 0.2) is 0 Å². The number of aromatic carboxylic acids is 1. The summed E-state index contributed by atoms with van der Waals surface area (Å²) in [5.74, 6) is -0.983. The van der Waals surface area contributed by atoms with E-state index in [0.717, 1.165) is 18.5 Å². The summed E-state index contributed by atoms with van der Waals surface area (Å²) >= 11 is 0. The van der Waals surface area contributed by atoms with Crippen LogP contribution in [0.4, 0.5) is 0 Å². The molecule has 0 spiro atoms. The monoisotopic (exact) mass is 222 g/mol. The van der Waals surface area contributed by atoms with Crippen LogP contribution in [-0.4, -0.2) is 22.1 Å². The molecule has 0 saturated heterocycles. The summed E-state index contributed by atoms with van der Waals surface area (Å²) in [5, 5.41) is 12.1. The molecule has 1 unspecified atom stereocenters. The lowest BCUT2D eigenvalue weighted by Gasteiger charge is -2.12. The van der Waals surface area contributed by atoms with Crippen molar-refractivity contribution in [3.05, 3.63) is 29.6 Å². The number of pyridine rings is 1. The van der Waals surface area contributed by atoms with Crippen molar-refractivity contribution in [2.45, 2.75) is 39.3 Å². The number of hydrogen-bond acceptors (Lipinski definition) is 3. The molecule has 0 aliphatic heterocycles. The molecule has 0 amide bonds. The summed E-state index contributed by atoms with van der Waals surface area (Å²) in [6, 6.07) is 5.48. The van der Waals surface area contributed by atoms with Crippen LogP contribution >= 0.6 is 0 Å². The molecular weight excluding hydrogens is 204 g/mol. The number of carbonyl (C=O) groups is 1. The van der Waals surface area contributed by atoms with Crippen molar-refractivity contribution in [2.75, 3.05) is 0 Å². The Labute approximate surface area is 95.7 Å². The Bertz CT molecular complexity index is 353. The average Bonchev–Trinajstić information content (AvgIpc) is 2.27. The summed E-state index contributed by atoms with van der Waals surface area (Å²) in [7, 11) is 0. The van der Waals surface area contributed by atoms with Gasteiger partial charge in [0.2, 0.25) is 0 Å². The molecular formula is C12H18N2O2. The van der Waals surface area contributed by atoms with E-state index in [4.69, 9.17) is 5.11 Å². The molecule has 0 radical (unpaired) electrons. The summed E-state index contributed by atoms with van der Waals surface area (Å²) in [5.41, 5.74) is 0.866. The highest BCUT2D eigenvalue weighted by Gasteiger charge is 2.05.